The zero-order valence-electron chi connectivity index (χ0n) is 11.3. The van der Waals surface area contributed by atoms with Gasteiger partial charge in [0.05, 0.1) is 17.4 Å². The fraction of sp³-hybridized carbons (Fsp3) is 0.0667. The van der Waals surface area contributed by atoms with Gasteiger partial charge in [0, 0.05) is 23.2 Å². The quantitative estimate of drug-likeness (QED) is 0.438. The molecule has 0 spiro atoms. The van der Waals surface area contributed by atoms with Crippen LogP contribution in [-0.4, -0.2) is 4.98 Å². The van der Waals surface area contributed by atoms with Gasteiger partial charge in [0.2, 0.25) is 5.95 Å². The second kappa shape index (κ2) is 5.38. The molecule has 0 saturated heterocycles. The van der Waals surface area contributed by atoms with Gasteiger partial charge in [0.1, 0.15) is 5.58 Å². The second-order valence-electron chi connectivity index (χ2n) is 4.68. The highest BCUT2D eigenvalue weighted by Crippen LogP contribution is 2.34. The van der Waals surface area contributed by atoms with Gasteiger partial charge in [0.15, 0.2) is 0 Å². The van der Waals surface area contributed by atoms with Crippen LogP contribution in [0.25, 0.3) is 11.0 Å². The molecule has 0 bridgehead atoms. The molecule has 0 amide bonds. The molecule has 23 heavy (non-hydrogen) atoms. The van der Waals surface area contributed by atoms with Crippen LogP contribution in [0.1, 0.15) is 5.56 Å². The van der Waals surface area contributed by atoms with Crippen molar-refractivity contribution in [2.24, 2.45) is 0 Å². The standard InChI is InChI=1S/C15H8F4N2O2/c16-13-4-2-9(7-20-13)21-8-1-3-10-11(15(17,18)19)6-14(22)23-12(10)5-8/h1-7,21H. The van der Waals surface area contributed by atoms with Crippen LogP contribution >= 0.6 is 0 Å². The van der Waals surface area contributed by atoms with E-state index in [-0.39, 0.29) is 11.0 Å². The normalized spacial score (nSPS) is 11.7. The molecule has 2 heterocycles. The summed E-state index contributed by atoms with van der Waals surface area (Å²) in [4.78, 5) is 14.8. The molecular formula is C15H8F4N2O2. The van der Waals surface area contributed by atoms with Crippen LogP contribution in [0.2, 0.25) is 0 Å². The van der Waals surface area contributed by atoms with Gasteiger partial charge < -0.3 is 9.73 Å². The van der Waals surface area contributed by atoms with Gasteiger partial charge in [-0.1, -0.05) is 0 Å². The van der Waals surface area contributed by atoms with Crippen LogP contribution in [0.3, 0.4) is 0 Å². The van der Waals surface area contributed by atoms with Gasteiger partial charge in [-0.25, -0.2) is 9.78 Å². The lowest BCUT2D eigenvalue weighted by Gasteiger charge is -2.11. The minimum absolute atomic E-state index is 0.204. The van der Waals surface area contributed by atoms with Gasteiger partial charge in [-0.2, -0.15) is 17.6 Å². The third kappa shape index (κ3) is 3.15. The van der Waals surface area contributed by atoms with Crippen LogP contribution in [0, 0.1) is 5.95 Å². The number of nitrogens with one attached hydrogen (secondary N) is 1. The zero-order valence-corrected chi connectivity index (χ0v) is 11.3. The van der Waals surface area contributed by atoms with Crippen molar-refractivity contribution in [2.45, 2.75) is 6.18 Å². The number of pyridine rings is 1. The number of halogens is 4. The summed E-state index contributed by atoms with van der Waals surface area (Å²) in [5, 5.41) is 2.61. The first-order chi connectivity index (χ1) is 10.8. The lowest BCUT2D eigenvalue weighted by molar-refractivity contribution is -0.136. The topological polar surface area (TPSA) is 55.1 Å². The lowest BCUT2D eigenvalue weighted by atomic mass is 10.1. The second-order valence-corrected chi connectivity index (χ2v) is 4.68. The van der Waals surface area contributed by atoms with Gasteiger partial charge in [-0.3, -0.25) is 0 Å². The summed E-state index contributed by atoms with van der Waals surface area (Å²) in [6, 6.07) is 6.80. The Morgan fingerprint density at radius 1 is 1.04 bits per heavy atom. The van der Waals surface area contributed by atoms with E-state index in [2.05, 4.69) is 10.3 Å². The van der Waals surface area contributed by atoms with Crippen LogP contribution in [0.5, 0.6) is 0 Å². The number of hydrogen-bond donors (Lipinski definition) is 1. The fourth-order valence-corrected chi connectivity index (χ4v) is 2.09. The summed E-state index contributed by atoms with van der Waals surface area (Å²) in [5.41, 5.74) is -1.55. The van der Waals surface area contributed by atoms with Crippen molar-refractivity contribution in [3.05, 3.63) is 64.5 Å². The van der Waals surface area contributed by atoms with Crippen molar-refractivity contribution in [1.82, 2.24) is 4.98 Å². The Hall–Kier alpha value is -2.90. The average molecular weight is 324 g/mol. The highest BCUT2D eigenvalue weighted by molar-refractivity contribution is 5.84. The van der Waals surface area contributed by atoms with E-state index in [4.69, 9.17) is 4.42 Å². The van der Waals surface area contributed by atoms with Crippen molar-refractivity contribution in [3.8, 4) is 0 Å². The molecule has 3 aromatic rings. The number of fused-ring (bicyclic) bond motifs is 1. The zero-order chi connectivity index (χ0) is 16.6. The highest BCUT2D eigenvalue weighted by Gasteiger charge is 2.33. The van der Waals surface area contributed by atoms with Crippen molar-refractivity contribution in [3.63, 3.8) is 0 Å². The van der Waals surface area contributed by atoms with Gasteiger partial charge in [-0.05, 0) is 24.3 Å². The largest absolute Gasteiger partial charge is 0.423 e. The summed E-state index contributed by atoms with van der Waals surface area (Å²) < 4.78 is 56.4. The van der Waals surface area contributed by atoms with Crippen LogP contribution in [-0.2, 0) is 6.18 Å². The maximum absolute atomic E-state index is 12.9. The van der Waals surface area contributed by atoms with Crippen LogP contribution in [0.4, 0.5) is 28.9 Å². The van der Waals surface area contributed by atoms with Crippen molar-refractivity contribution >= 4 is 22.3 Å². The Balaban J connectivity index is 2.05. The molecule has 3 rings (SSSR count). The SMILES string of the molecule is O=c1cc(C(F)(F)F)c2ccc(Nc3ccc(F)nc3)cc2o1. The van der Waals surface area contributed by atoms with E-state index in [1.807, 2.05) is 0 Å². The molecule has 0 aliphatic heterocycles. The molecular weight excluding hydrogens is 316 g/mol. The third-order valence-corrected chi connectivity index (χ3v) is 3.07. The Labute approximate surface area is 126 Å². The number of nitrogens with zero attached hydrogens (tertiary/aromatic N) is 1. The number of aromatic nitrogens is 1. The molecule has 2 aromatic heterocycles. The third-order valence-electron chi connectivity index (χ3n) is 3.07. The van der Waals surface area contributed by atoms with E-state index in [1.54, 1.807) is 0 Å². The van der Waals surface area contributed by atoms with Gasteiger partial charge in [0.25, 0.3) is 0 Å². The maximum atomic E-state index is 12.9. The smallest absolute Gasteiger partial charge is 0.417 e. The average Bonchev–Trinajstić information content (AvgIpc) is 2.47. The van der Waals surface area contributed by atoms with E-state index in [1.165, 1.54) is 30.5 Å². The predicted octanol–water partition coefficient (Wildman–Crippen LogP) is 4.09. The summed E-state index contributed by atoms with van der Waals surface area (Å²) in [5.74, 6) is -0.658. The fourth-order valence-electron chi connectivity index (χ4n) is 2.09. The molecule has 118 valence electrons. The van der Waals surface area contributed by atoms with Crippen molar-refractivity contribution in [1.29, 1.82) is 0 Å². The summed E-state index contributed by atoms with van der Waals surface area (Å²) in [6.45, 7) is 0. The van der Waals surface area contributed by atoms with E-state index >= 15 is 0 Å². The molecule has 1 aromatic carbocycles. The molecule has 1 N–H and O–H groups in total. The Bertz CT molecular complexity index is 917. The molecule has 0 saturated carbocycles. The monoisotopic (exact) mass is 324 g/mol. The van der Waals surface area contributed by atoms with E-state index in [9.17, 15) is 22.4 Å². The van der Waals surface area contributed by atoms with Crippen LogP contribution < -0.4 is 10.9 Å². The van der Waals surface area contributed by atoms with Crippen molar-refractivity contribution < 1.29 is 22.0 Å². The number of hydrogen-bond acceptors (Lipinski definition) is 4. The first-order valence-electron chi connectivity index (χ1n) is 6.36. The lowest BCUT2D eigenvalue weighted by Crippen LogP contribution is -2.11. The number of rotatable bonds is 2. The number of alkyl halides is 3. The Morgan fingerprint density at radius 3 is 2.43 bits per heavy atom. The molecule has 4 nitrogen and oxygen atoms in total. The van der Waals surface area contributed by atoms with Crippen LogP contribution in [0.15, 0.2) is 51.8 Å². The minimum atomic E-state index is -4.66. The Kier molecular flexibility index (Phi) is 3.51. The maximum Gasteiger partial charge on any atom is 0.417 e. The van der Waals surface area contributed by atoms with E-state index < -0.39 is 23.3 Å². The summed E-state index contributed by atoms with van der Waals surface area (Å²) in [6.07, 6.45) is -3.44. The molecule has 0 atom stereocenters. The first kappa shape index (κ1) is 15.0. The van der Waals surface area contributed by atoms with Crippen molar-refractivity contribution in [2.75, 3.05) is 5.32 Å². The van der Waals surface area contributed by atoms with Gasteiger partial charge >= 0.3 is 11.8 Å². The Morgan fingerprint density at radius 2 is 1.78 bits per heavy atom. The summed E-state index contributed by atoms with van der Waals surface area (Å²) >= 11 is 0. The van der Waals surface area contributed by atoms with E-state index in [0.29, 0.717) is 17.4 Å². The first-order valence-corrected chi connectivity index (χ1v) is 6.36. The minimum Gasteiger partial charge on any atom is -0.423 e. The molecule has 8 heteroatoms. The summed E-state index contributed by atoms with van der Waals surface area (Å²) in [7, 11) is 0. The van der Waals surface area contributed by atoms with Gasteiger partial charge in [-0.15, -0.1) is 0 Å². The molecule has 0 aliphatic carbocycles. The molecule has 0 unspecified atom stereocenters. The molecule has 0 fully saturated rings. The number of benzene rings is 1. The predicted molar refractivity (Wildman–Crippen MR) is 75.0 cm³/mol. The molecule has 0 aliphatic rings. The molecule has 0 radical (unpaired) electrons. The number of anilines is 2. The van der Waals surface area contributed by atoms with E-state index in [0.717, 1.165) is 6.07 Å². The highest BCUT2D eigenvalue weighted by atomic mass is 19.4.